The Balaban J connectivity index is -0.00000000533. The van der Waals surface area contributed by atoms with Gasteiger partial charge in [-0.3, -0.25) is 0 Å². The van der Waals surface area contributed by atoms with Crippen LogP contribution in [0.3, 0.4) is 0 Å². The predicted molar refractivity (Wildman–Crippen MR) is 18.7 cm³/mol. The average molecular weight is 618 g/mol. The molecular weight excluding hydrogens is 616 g/mol. The molecule has 0 spiro atoms. The molecule has 0 aromatic carbocycles. The maximum absolute atomic E-state index is 9.08. The van der Waals surface area contributed by atoms with E-state index < -0.39 is 0 Å². The monoisotopic (exact) mass is 617 g/mol. The zero-order valence-corrected chi connectivity index (χ0v) is 24.1. The molecule has 0 amide bonds. The molecule has 9 radical (unpaired) electrons. The van der Waals surface area contributed by atoms with Gasteiger partial charge in [-0.2, -0.15) is 0 Å². The van der Waals surface area contributed by atoms with Crippen molar-refractivity contribution in [1.29, 1.82) is 0 Å². The van der Waals surface area contributed by atoms with E-state index >= 15 is 0 Å². The van der Waals surface area contributed by atoms with Crippen LogP contribution in [0.25, 0.3) is 0 Å². The molecule has 0 atom stereocenters. The van der Waals surface area contributed by atoms with Crippen molar-refractivity contribution in [1.82, 2.24) is 0 Å². The third kappa shape index (κ3) is 48.5. The van der Waals surface area contributed by atoms with Gasteiger partial charge in [-0.1, -0.05) is 0 Å². The summed E-state index contributed by atoms with van der Waals surface area (Å²) in [5.41, 5.74) is 0. The van der Waals surface area contributed by atoms with Crippen molar-refractivity contribution in [3.63, 3.8) is 0 Å². The Kier molecular flexibility index (Phi) is 174. The molecular formula is C2H2NOSiY6. The normalized spacial score (nSPS) is 2.64. The van der Waals surface area contributed by atoms with Gasteiger partial charge in [0.1, 0.15) is 0 Å². The quantitative estimate of drug-likeness (QED) is 0.221. The Morgan fingerprint density at radius 1 is 1.00 bits per heavy atom. The first-order chi connectivity index (χ1) is 2.41. The second-order valence-electron chi connectivity index (χ2n) is 0.408. The smallest absolute Gasteiger partial charge is 0.211 e. The molecule has 0 rings (SSSR count). The number of nitrogens with zero attached hydrogens (tertiary/aromatic N) is 1. The molecule has 0 aromatic rings. The fourth-order valence-corrected chi connectivity index (χ4v) is 0.0968. The zero-order chi connectivity index (χ0) is 4.12. The van der Waals surface area contributed by atoms with Crippen molar-refractivity contribution in [3.8, 4) is 0 Å². The van der Waals surface area contributed by atoms with E-state index in [1.165, 1.54) is 6.08 Å². The third-order valence-corrected chi connectivity index (χ3v) is 0.302. The van der Waals surface area contributed by atoms with Gasteiger partial charge in [-0.05, 0) is 0 Å². The summed E-state index contributed by atoms with van der Waals surface area (Å²) < 4.78 is 0. The Labute approximate surface area is 222 Å². The van der Waals surface area contributed by atoms with Gasteiger partial charge in [0.25, 0.3) is 0 Å². The van der Waals surface area contributed by atoms with Crippen molar-refractivity contribution in [2.45, 2.75) is 0 Å². The first-order valence-electron chi connectivity index (χ1n) is 1.10. The second-order valence-corrected chi connectivity index (χ2v) is 0.724. The zero-order valence-electron chi connectivity index (χ0n) is 6.03. The largest absolute Gasteiger partial charge is 0.234 e. The van der Waals surface area contributed by atoms with Crippen LogP contribution in [-0.2, 0) is 201 Å². The van der Waals surface area contributed by atoms with Gasteiger partial charge >= 0.3 is 0 Å². The van der Waals surface area contributed by atoms with E-state index in [9.17, 15) is 0 Å². The van der Waals surface area contributed by atoms with Gasteiger partial charge in [-0.25, -0.2) is 9.79 Å². The van der Waals surface area contributed by atoms with E-state index in [1.54, 1.807) is 0 Å². The molecule has 0 aromatic heterocycles. The molecule has 0 N–H and O–H groups in total. The van der Waals surface area contributed by atoms with Gasteiger partial charge in [0.05, 0.1) is 10.2 Å². The Hall–Kier alpha value is 6.22. The van der Waals surface area contributed by atoms with Crippen LogP contribution in [0.5, 0.6) is 0 Å². The van der Waals surface area contributed by atoms with Crippen LogP contribution in [0.2, 0.25) is 0 Å². The fourth-order valence-electron chi connectivity index (χ4n) is 0.0323. The van der Waals surface area contributed by atoms with Crippen LogP contribution in [0.1, 0.15) is 0 Å². The van der Waals surface area contributed by atoms with E-state index in [1.807, 2.05) is 0 Å². The average Bonchev–Trinajstić information content (AvgIpc) is 1.41. The Morgan fingerprint density at radius 3 is 1.27 bits per heavy atom. The molecule has 9 heteroatoms. The van der Waals surface area contributed by atoms with Gasteiger partial charge in [0.2, 0.25) is 6.08 Å². The molecule has 0 aliphatic carbocycles. The minimum Gasteiger partial charge on any atom is -0.211 e. The summed E-state index contributed by atoms with van der Waals surface area (Å²) in [6.07, 6.45) is 1.69. The van der Waals surface area contributed by atoms with Crippen molar-refractivity contribution in [3.05, 3.63) is 0 Å². The molecule has 0 bridgehead atoms. The first kappa shape index (κ1) is 43.4. The van der Waals surface area contributed by atoms with Crippen molar-refractivity contribution in [2.24, 2.45) is 4.99 Å². The molecule has 43 valence electrons. The number of hydrogen-bond donors (Lipinski definition) is 0. The Bertz CT molecular complexity index is 67.6. The second kappa shape index (κ2) is 44.2. The van der Waals surface area contributed by atoms with Crippen molar-refractivity contribution >= 4 is 16.3 Å². The molecule has 11 heavy (non-hydrogen) atoms. The molecule has 0 unspecified atom stereocenters. The molecule has 0 aliphatic rings. The summed E-state index contributed by atoms with van der Waals surface area (Å²) in [5.74, 6) is 0. The van der Waals surface area contributed by atoms with Crippen LogP contribution in [0, 0.1) is 0 Å². The molecule has 0 heterocycles. The summed E-state index contributed by atoms with van der Waals surface area (Å²) in [5, 5.41) is 0. The molecule has 2 nitrogen and oxygen atoms in total. The maximum atomic E-state index is 9.08. The predicted octanol–water partition coefficient (Wildman–Crippen LogP) is -0.567. The van der Waals surface area contributed by atoms with E-state index in [2.05, 4.69) is 15.2 Å². The van der Waals surface area contributed by atoms with Gasteiger partial charge in [-0.15, -0.1) is 0 Å². The van der Waals surface area contributed by atoms with Crippen LogP contribution in [0.4, 0.5) is 0 Å². The molecule has 0 fully saturated rings. The van der Waals surface area contributed by atoms with E-state index in [0.717, 1.165) is 0 Å². The van der Waals surface area contributed by atoms with E-state index in [0.29, 0.717) is 6.17 Å². The molecule has 0 aliphatic heterocycles. The summed E-state index contributed by atoms with van der Waals surface area (Å²) in [4.78, 5) is 12.2. The van der Waals surface area contributed by atoms with Crippen LogP contribution in [0.15, 0.2) is 4.99 Å². The van der Waals surface area contributed by atoms with Gasteiger partial charge in [0, 0.05) is 202 Å². The van der Waals surface area contributed by atoms with Crippen LogP contribution in [-0.4, -0.2) is 22.5 Å². The number of aliphatic imine (C=N–C) groups is 1. The maximum Gasteiger partial charge on any atom is 0.234 e. The number of isocyanates is 1. The van der Waals surface area contributed by atoms with Gasteiger partial charge in [0.15, 0.2) is 0 Å². The van der Waals surface area contributed by atoms with Crippen LogP contribution >= 0.6 is 0 Å². The summed E-state index contributed by atoms with van der Waals surface area (Å²) in [6.45, 7) is 0. The van der Waals surface area contributed by atoms with E-state index in [4.69, 9.17) is 4.79 Å². The molecule has 0 saturated heterocycles. The standard InChI is InChI=1S/C2H2NOSi.6Y/c4-1-3-2-5;;;;;;/h2H2;;;;;;. The molecule has 0 saturated carbocycles. The van der Waals surface area contributed by atoms with Crippen molar-refractivity contribution in [2.75, 3.05) is 6.17 Å². The van der Waals surface area contributed by atoms with E-state index in [-0.39, 0.29) is 196 Å². The minimum atomic E-state index is 0. The SMILES string of the molecule is O=C=NC[Si].[Y].[Y].[Y].[Y].[Y].[Y]. The number of rotatable bonds is 1. The first-order valence-corrected chi connectivity index (χ1v) is 1.80. The summed E-state index contributed by atoms with van der Waals surface area (Å²) in [6, 6.07) is 0. The third-order valence-electron chi connectivity index (χ3n) is 0.144. The number of carbonyl (C=O) groups excluding carboxylic acids is 1. The van der Waals surface area contributed by atoms with Crippen molar-refractivity contribution < 1.29 is 201 Å². The van der Waals surface area contributed by atoms with Gasteiger partial charge < -0.3 is 0 Å². The fraction of sp³-hybridized carbons (Fsp3) is 0.500. The topological polar surface area (TPSA) is 29.4 Å². The Morgan fingerprint density at radius 2 is 1.27 bits per heavy atom. The minimum absolute atomic E-state index is 0. The summed E-state index contributed by atoms with van der Waals surface area (Å²) >= 11 is 0. The summed E-state index contributed by atoms with van der Waals surface area (Å²) in [7, 11) is 2.92. The van der Waals surface area contributed by atoms with Crippen LogP contribution < -0.4 is 0 Å². The number of hydrogen-bond acceptors (Lipinski definition) is 2.